The molecule has 7 nitrogen and oxygen atoms in total. The monoisotopic (exact) mass is 248 g/mol. The van der Waals surface area contributed by atoms with Gasteiger partial charge in [-0.1, -0.05) is 0 Å². The third-order valence-corrected chi connectivity index (χ3v) is 2.74. The molecule has 0 aliphatic carbocycles. The maximum absolute atomic E-state index is 11.7. The van der Waals surface area contributed by atoms with Crippen LogP contribution in [0, 0.1) is 0 Å². The SMILES string of the molecule is O=C(CC1COCCN1)NC(CO)(CO)CO. The molecule has 0 radical (unpaired) electrons. The number of hydrogen-bond donors (Lipinski definition) is 5. The lowest BCUT2D eigenvalue weighted by atomic mass is 10.0. The molecule has 1 aliphatic heterocycles. The van der Waals surface area contributed by atoms with Crippen molar-refractivity contribution in [3.63, 3.8) is 0 Å². The van der Waals surface area contributed by atoms with Gasteiger partial charge in [0.1, 0.15) is 5.54 Å². The molecular weight excluding hydrogens is 228 g/mol. The molecule has 100 valence electrons. The maximum Gasteiger partial charge on any atom is 0.222 e. The lowest BCUT2D eigenvalue weighted by Gasteiger charge is -2.30. The number of morpholine rings is 1. The maximum atomic E-state index is 11.7. The van der Waals surface area contributed by atoms with Gasteiger partial charge in [-0.25, -0.2) is 0 Å². The molecule has 1 aliphatic rings. The number of carbonyl (C=O) groups is 1. The largest absolute Gasteiger partial charge is 0.394 e. The van der Waals surface area contributed by atoms with Crippen LogP contribution in [0.1, 0.15) is 6.42 Å². The number of hydrogen-bond acceptors (Lipinski definition) is 6. The van der Waals surface area contributed by atoms with Gasteiger partial charge in [0.05, 0.1) is 33.0 Å². The van der Waals surface area contributed by atoms with Crippen LogP contribution in [0.5, 0.6) is 0 Å². The average Bonchev–Trinajstić information content (AvgIpc) is 2.37. The fourth-order valence-corrected chi connectivity index (χ4v) is 1.59. The van der Waals surface area contributed by atoms with Crippen molar-refractivity contribution in [3.8, 4) is 0 Å². The van der Waals surface area contributed by atoms with Crippen molar-refractivity contribution in [3.05, 3.63) is 0 Å². The van der Waals surface area contributed by atoms with Gasteiger partial charge < -0.3 is 30.7 Å². The first kappa shape index (κ1) is 14.3. The zero-order valence-electron chi connectivity index (χ0n) is 9.69. The summed E-state index contributed by atoms with van der Waals surface area (Å²) in [5.41, 5.74) is -1.35. The zero-order chi connectivity index (χ0) is 12.7. The highest BCUT2D eigenvalue weighted by Crippen LogP contribution is 2.04. The summed E-state index contributed by atoms with van der Waals surface area (Å²) in [7, 11) is 0. The summed E-state index contributed by atoms with van der Waals surface area (Å²) in [5.74, 6) is -0.342. The van der Waals surface area contributed by atoms with E-state index in [1.54, 1.807) is 0 Å². The summed E-state index contributed by atoms with van der Waals surface area (Å²) in [4.78, 5) is 11.7. The molecule has 1 heterocycles. The van der Waals surface area contributed by atoms with Crippen molar-refractivity contribution in [2.45, 2.75) is 18.0 Å². The highest BCUT2D eigenvalue weighted by atomic mass is 16.5. The van der Waals surface area contributed by atoms with Crippen LogP contribution in [-0.4, -0.2) is 72.4 Å². The summed E-state index contributed by atoms with van der Waals surface area (Å²) in [6.07, 6.45) is 0.182. The van der Waals surface area contributed by atoms with E-state index in [0.717, 1.165) is 0 Å². The van der Waals surface area contributed by atoms with Gasteiger partial charge >= 0.3 is 0 Å². The average molecular weight is 248 g/mol. The van der Waals surface area contributed by atoms with E-state index >= 15 is 0 Å². The topological polar surface area (TPSA) is 111 Å². The standard InChI is InChI=1S/C10H20N2O5/c13-5-10(6-14,7-15)12-9(16)3-8-4-17-2-1-11-8/h8,11,13-15H,1-7H2,(H,12,16). The van der Waals surface area contributed by atoms with E-state index in [0.29, 0.717) is 19.8 Å². The van der Waals surface area contributed by atoms with E-state index < -0.39 is 25.4 Å². The third-order valence-electron chi connectivity index (χ3n) is 2.74. The Morgan fingerprint density at radius 1 is 1.35 bits per heavy atom. The Kier molecular flexibility index (Phi) is 5.79. The highest BCUT2D eigenvalue weighted by Gasteiger charge is 2.30. The number of aliphatic hydroxyl groups is 3. The van der Waals surface area contributed by atoms with E-state index in [9.17, 15) is 4.79 Å². The number of aliphatic hydroxyl groups excluding tert-OH is 3. The fourth-order valence-electron chi connectivity index (χ4n) is 1.59. The molecule has 17 heavy (non-hydrogen) atoms. The van der Waals surface area contributed by atoms with E-state index in [2.05, 4.69) is 10.6 Å². The molecule has 5 N–H and O–H groups in total. The summed E-state index contributed by atoms with van der Waals surface area (Å²) < 4.78 is 5.20. The van der Waals surface area contributed by atoms with E-state index in [1.807, 2.05) is 0 Å². The first-order valence-corrected chi connectivity index (χ1v) is 5.60. The van der Waals surface area contributed by atoms with Gasteiger partial charge in [0, 0.05) is 19.0 Å². The van der Waals surface area contributed by atoms with Gasteiger partial charge in [-0.2, -0.15) is 0 Å². The molecule has 0 aromatic rings. The Bertz CT molecular complexity index is 231. The Hall–Kier alpha value is -0.730. The molecule has 1 rings (SSSR count). The number of rotatable bonds is 6. The van der Waals surface area contributed by atoms with Crippen LogP contribution in [-0.2, 0) is 9.53 Å². The van der Waals surface area contributed by atoms with Crippen LogP contribution in [0.25, 0.3) is 0 Å². The van der Waals surface area contributed by atoms with Gasteiger partial charge in [0.2, 0.25) is 5.91 Å². The lowest BCUT2D eigenvalue weighted by Crippen LogP contribution is -2.58. The first-order chi connectivity index (χ1) is 8.15. The normalized spacial score (nSPS) is 21.2. The van der Waals surface area contributed by atoms with Crippen molar-refractivity contribution in [1.82, 2.24) is 10.6 Å². The van der Waals surface area contributed by atoms with Crippen molar-refractivity contribution in [2.75, 3.05) is 39.6 Å². The van der Waals surface area contributed by atoms with Crippen LogP contribution in [0.2, 0.25) is 0 Å². The predicted octanol–water partition coefficient (Wildman–Crippen LogP) is -2.80. The summed E-state index contributed by atoms with van der Waals surface area (Å²) >= 11 is 0. The molecule has 0 spiro atoms. The second kappa shape index (κ2) is 6.87. The Morgan fingerprint density at radius 2 is 2.00 bits per heavy atom. The van der Waals surface area contributed by atoms with Gasteiger partial charge in [0.15, 0.2) is 0 Å². The highest BCUT2D eigenvalue weighted by molar-refractivity contribution is 5.77. The minimum absolute atomic E-state index is 0.0717. The third kappa shape index (κ3) is 4.21. The minimum atomic E-state index is -1.35. The summed E-state index contributed by atoms with van der Waals surface area (Å²) in [6, 6.07) is -0.0717. The van der Waals surface area contributed by atoms with Crippen molar-refractivity contribution in [2.24, 2.45) is 0 Å². The van der Waals surface area contributed by atoms with Crippen LogP contribution in [0.3, 0.4) is 0 Å². The first-order valence-electron chi connectivity index (χ1n) is 5.60. The molecule has 0 aromatic heterocycles. The second-order valence-corrected chi connectivity index (χ2v) is 4.23. The van der Waals surface area contributed by atoms with E-state index in [4.69, 9.17) is 20.1 Å². The number of amides is 1. The molecule has 1 amide bonds. The predicted molar refractivity (Wildman–Crippen MR) is 59.4 cm³/mol. The van der Waals surface area contributed by atoms with Gasteiger partial charge in [0.25, 0.3) is 0 Å². The number of ether oxygens (including phenoxy) is 1. The molecule has 7 heteroatoms. The lowest BCUT2D eigenvalue weighted by molar-refractivity contribution is -0.126. The van der Waals surface area contributed by atoms with Crippen LogP contribution >= 0.6 is 0 Å². The van der Waals surface area contributed by atoms with Crippen molar-refractivity contribution >= 4 is 5.91 Å². The zero-order valence-corrected chi connectivity index (χ0v) is 9.69. The van der Waals surface area contributed by atoms with Crippen molar-refractivity contribution in [1.29, 1.82) is 0 Å². The van der Waals surface area contributed by atoms with Gasteiger partial charge in [-0.15, -0.1) is 0 Å². The van der Waals surface area contributed by atoms with Crippen LogP contribution < -0.4 is 10.6 Å². The quantitative estimate of drug-likeness (QED) is 0.347. The van der Waals surface area contributed by atoms with E-state index in [1.165, 1.54) is 0 Å². The molecule has 0 saturated carbocycles. The fraction of sp³-hybridized carbons (Fsp3) is 0.900. The second-order valence-electron chi connectivity index (χ2n) is 4.23. The van der Waals surface area contributed by atoms with Crippen LogP contribution in [0.15, 0.2) is 0 Å². The summed E-state index contributed by atoms with van der Waals surface area (Å²) in [5, 5.41) is 32.7. The molecular formula is C10H20N2O5. The Balaban J connectivity index is 2.41. The van der Waals surface area contributed by atoms with Crippen molar-refractivity contribution < 1.29 is 24.9 Å². The molecule has 0 aromatic carbocycles. The van der Waals surface area contributed by atoms with E-state index in [-0.39, 0.29) is 18.4 Å². The molecule has 1 atom stereocenters. The molecule has 1 fully saturated rings. The van der Waals surface area contributed by atoms with Crippen LogP contribution in [0.4, 0.5) is 0 Å². The molecule has 0 bridgehead atoms. The smallest absolute Gasteiger partial charge is 0.222 e. The Morgan fingerprint density at radius 3 is 2.47 bits per heavy atom. The molecule has 1 unspecified atom stereocenters. The number of carbonyl (C=O) groups excluding carboxylic acids is 1. The van der Waals surface area contributed by atoms with Gasteiger partial charge in [-0.05, 0) is 0 Å². The molecule has 1 saturated heterocycles. The number of nitrogens with one attached hydrogen (secondary N) is 2. The van der Waals surface area contributed by atoms with Gasteiger partial charge in [-0.3, -0.25) is 4.79 Å². The minimum Gasteiger partial charge on any atom is -0.394 e. The summed E-state index contributed by atoms with van der Waals surface area (Å²) in [6.45, 7) is 0.244. The Labute approximate surface area is 99.8 Å².